The molecule has 0 spiro atoms. The number of nitro groups is 1. The maximum atomic E-state index is 12.9. The molecule has 1 aromatic carbocycles. The van der Waals surface area contributed by atoms with Gasteiger partial charge in [0.2, 0.25) is 0 Å². The highest BCUT2D eigenvalue weighted by atomic mass is 16.6. The summed E-state index contributed by atoms with van der Waals surface area (Å²) >= 11 is 0. The lowest BCUT2D eigenvalue weighted by Crippen LogP contribution is -2.39. The first kappa shape index (κ1) is 16.4. The van der Waals surface area contributed by atoms with E-state index in [0.29, 0.717) is 12.5 Å². The van der Waals surface area contributed by atoms with Crippen molar-refractivity contribution < 1.29 is 19.6 Å². The Labute approximate surface area is 139 Å². The Hall–Kier alpha value is -2.44. The minimum absolute atomic E-state index is 0.0893. The van der Waals surface area contributed by atoms with Gasteiger partial charge in [0.05, 0.1) is 10.5 Å². The van der Waals surface area contributed by atoms with Gasteiger partial charge in [-0.25, -0.2) is 4.79 Å². The molecule has 0 bridgehead atoms. The molecule has 1 saturated heterocycles. The van der Waals surface area contributed by atoms with Crippen LogP contribution in [0, 0.1) is 16.0 Å². The Bertz CT molecular complexity index is 649. The van der Waals surface area contributed by atoms with Gasteiger partial charge in [-0.3, -0.25) is 14.9 Å². The highest BCUT2D eigenvalue weighted by molar-refractivity contribution is 5.98. The van der Waals surface area contributed by atoms with E-state index < -0.39 is 10.9 Å². The summed E-state index contributed by atoms with van der Waals surface area (Å²) in [6.07, 6.45) is 6.48. The van der Waals surface area contributed by atoms with Crippen molar-refractivity contribution in [3.63, 3.8) is 0 Å². The molecule has 2 aliphatic rings. The molecule has 1 atom stereocenters. The molecule has 1 saturated carbocycles. The number of carboxylic acid groups (broad SMARTS) is 1. The molecule has 7 nitrogen and oxygen atoms in total. The van der Waals surface area contributed by atoms with Crippen molar-refractivity contribution in [2.45, 2.75) is 44.6 Å². The Morgan fingerprint density at radius 1 is 1.08 bits per heavy atom. The van der Waals surface area contributed by atoms with Crippen molar-refractivity contribution >= 4 is 17.6 Å². The molecular weight excluding hydrogens is 312 g/mol. The van der Waals surface area contributed by atoms with E-state index in [1.807, 2.05) is 0 Å². The largest absolute Gasteiger partial charge is 0.478 e. The fourth-order valence-corrected chi connectivity index (χ4v) is 4.01. The Morgan fingerprint density at radius 2 is 1.75 bits per heavy atom. The van der Waals surface area contributed by atoms with Crippen LogP contribution in [0.2, 0.25) is 0 Å². The maximum Gasteiger partial charge on any atom is 0.335 e. The molecule has 24 heavy (non-hydrogen) atoms. The lowest BCUT2D eigenvalue weighted by atomic mass is 9.95. The number of hydrogen-bond acceptors (Lipinski definition) is 4. The minimum atomic E-state index is -1.28. The monoisotopic (exact) mass is 332 g/mol. The van der Waals surface area contributed by atoms with Crippen LogP contribution in [0.4, 0.5) is 5.69 Å². The van der Waals surface area contributed by atoms with Crippen LogP contribution in [-0.4, -0.2) is 39.4 Å². The smallest absolute Gasteiger partial charge is 0.335 e. The van der Waals surface area contributed by atoms with E-state index in [-0.39, 0.29) is 28.8 Å². The van der Waals surface area contributed by atoms with E-state index in [9.17, 15) is 19.7 Å². The molecule has 1 aromatic rings. The van der Waals surface area contributed by atoms with Gasteiger partial charge < -0.3 is 10.0 Å². The van der Waals surface area contributed by atoms with E-state index in [2.05, 4.69) is 0 Å². The summed E-state index contributed by atoms with van der Waals surface area (Å²) in [7, 11) is 0. The maximum absolute atomic E-state index is 12.9. The molecule has 1 N–H and O–H groups in total. The van der Waals surface area contributed by atoms with Crippen LogP contribution in [0.3, 0.4) is 0 Å². The second-order valence-corrected chi connectivity index (χ2v) is 6.58. The molecule has 0 radical (unpaired) electrons. The minimum Gasteiger partial charge on any atom is -0.478 e. The molecule has 1 unspecified atom stereocenters. The zero-order valence-electron chi connectivity index (χ0n) is 13.3. The molecule has 7 heteroatoms. The van der Waals surface area contributed by atoms with E-state index in [0.717, 1.165) is 31.7 Å². The number of carboxylic acids is 1. The van der Waals surface area contributed by atoms with Gasteiger partial charge in [-0.1, -0.05) is 12.8 Å². The first-order valence-electron chi connectivity index (χ1n) is 8.31. The van der Waals surface area contributed by atoms with Gasteiger partial charge in [0.25, 0.3) is 11.6 Å². The van der Waals surface area contributed by atoms with E-state index in [4.69, 9.17) is 5.11 Å². The summed E-state index contributed by atoms with van der Waals surface area (Å²) in [5.41, 5.74) is -0.509. The van der Waals surface area contributed by atoms with Crippen LogP contribution in [0.5, 0.6) is 0 Å². The van der Waals surface area contributed by atoms with Crippen molar-refractivity contribution in [3.05, 3.63) is 39.4 Å². The highest BCUT2D eigenvalue weighted by Crippen LogP contribution is 2.36. The third kappa shape index (κ3) is 3.11. The number of benzene rings is 1. The summed E-state index contributed by atoms with van der Waals surface area (Å²) < 4.78 is 0. The molecule has 128 valence electrons. The number of carbonyl (C=O) groups is 2. The van der Waals surface area contributed by atoms with E-state index in [1.54, 1.807) is 4.90 Å². The molecule has 3 rings (SSSR count). The van der Waals surface area contributed by atoms with Gasteiger partial charge in [0.1, 0.15) is 0 Å². The topological polar surface area (TPSA) is 101 Å². The summed E-state index contributed by atoms with van der Waals surface area (Å²) in [5.74, 6) is -1.08. The van der Waals surface area contributed by atoms with E-state index >= 15 is 0 Å². The zero-order chi connectivity index (χ0) is 17.3. The van der Waals surface area contributed by atoms with Gasteiger partial charge in [-0.2, -0.15) is 0 Å². The Kier molecular flexibility index (Phi) is 4.51. The summed E-state index contributed by atoms with van der Waals surface area (Å²) in [5, 5.41) is 20.2. The van der Waals surface area contributed by atoms with E-state index in [1.165, 1.54) is 25.0 Å². The molecule has 1 heterocycles. The first-order valence-corrected chi connectivity index (χ1v) is 8.31. The predicted molar refractivity (Wildman–Crippen MR) is 86.1 cm³/mol. The van der Waals surface area contributed by atoms with Crippen molar-refractivity contribution in [1.82, 2.24) is 4.90 Å². The third-order valence-corrected chi connectivity index (χ3v) is 5.13. The van der Waals surface area contributed by atoms with Crippen LogP contribution in [0.25, 0.3) is 0 Å². The molecular formula is C17H20N2O5. The van der Waals surface area contributed by atoms with Crippen LogP contribution < -0.4 is 0 Å². The van der Waals surface area contributed by atoms with Gasteiger partial charge in [0.15, 0.2) is 0 Å². The number of rotatable bonds is 4. The second-order valence-electron chi connectivity index (χ2n) is 6.58. The van der Waals surface area contributed by atoms with Crippen molar-refractivity contribution in [3.8, 4) is 0 Å². The van der Waals surface area contributed by atoms with Crippen LogP contribution >= 0.6 is 0 Å². The number of aromatic carboxylic acids is 1. The third-order valence-electron chi connectivity index (χ3n) is 5.13. The molecule has 1 aliphatic carbocycles. The highest BCUT2D eigenvalue weighted by Gasteiger charge is 2.36. The predicted octanol–water partition coefficient (Wildman–Crippen LogP) is 3.09. The number of carbonyl (C=O) groups excluding carboxylic acids is 1. The first-order chi connectivity index (χ1) is 11.5. The van der Waals surface area contributed by atoms with Crippen molar-refractivity contribution in [1.29, 1.82) is 0 Å². The number of non-ortho nitro benzene ring substituents is 1. The quantitative estimate of drug-likeness (QED) is 0.674. The van der Waals surface area contributed by atoms with Gasteiger partial charge in [-0.05, 0) is 37.7 Å². The van der Waals surface area contributed by atoms with Gasteiger partial charge in [0, 0.05) is 30.3 Å². The number of amides is 1. The SMILES string of the molecule is O=C(O)c1cc(C(=O)N2CCCC2C2CCCC2)cc([N+](=O)[O-])c1. The standard InChI is InChI=1S/C17H20N2O5/c20-16(18-7-3-6-15(18)11-4-1-2-5-11)12-8-13(17(21)22)10-14(9-12)19(23)24/h8-11,15H,1-7H2,(H,21,22). The fraction of sp³-hybridized carbons (Fsp3) is 0.529. The number of nitro benzene ring substituents is 1. The summed E-state index contributed by atoms with van der Waals surface area (Å²) in [4.78, 5) is 36.2. The number of nitrogens with zero attached hydrogens (tertiary/aromatic N) is 2. The summed E-state index contributed by atoms with van der Waals surface area (Å²) in [6.45, 7) is 0.630. The lowest BCUT2D eigenvalue weighted by molar-refractivity contribution is -0.384. The number of likely N-dealkylation sites (tertiary alicyclic amines) is 1. The molecule has 1 aliphatic heterocycles. The average Bonchev–Trinajstić information content (AvgIpc) is 3.24. The fourth-order valence-electron chi connectivity index (χ4n) is 4.01. The van der Waals surface area contributed by atoms with Crippen LogP contribution in [0.1, 0.15) is 59.2 Å². The normalized spacial score (nSPS) is 21.2. The van der Waals surface area contributed by atoms with Crippen LogP contribution in [-0.2, 0) is 0 Å². The molecule has 2 fully saturated rings. The van der Waals surface area contributed by atoms with Crippen LogP contribution in [0.15, 0.2) is 18.2 Å². The van der Waals surface area contributed by atoms with Gasteiger partial charge in [-0.15, -0.1) is 0 Å². The second kappa shape index (κ2) is 6.59. The van der Waals surface area contributed by atoms with Crippen molar-refractivity contribution in [2.75, 3.05) is 6.54 Å². The molecule has 0 aromatic heterocycles. The Morgan fingerprint density at radius 3 is 2.38 bits per heavy atom. The summed E-state index contributed by atoms with van der Waals surface area (Å²) in [6, 6.07) is 3.57. The average molecular weight is 332 g/mol. The zero-order valence-corrected chi connectivity index (χ0v) is 13.3. The van der Waals surface area contributed by atoms with Gasteiger partial charge >= 0.3 is 5.97 Å². The molecule has 1 amide bonds. The Balaban J connectivity index is 1.90. The number of hydrogen-bond donors (Lipinski definition) is 1. The van der Waals surface area contributed by atoms with Crippen molar-refractivity contribution in [2.24, 2.45) is 5.92 Å². The lowest BCUT2D eigenvalue weighted by Gasteiger charge is -2.29.